The molecular formula is C22H27ClN2O2. The van der Waals surface area contributed by atoms with Gasteiger partial charge in [0.2, 0.25) is 5.91 Å². The molecule has 1 amide bonds. The highest BCUT2D eigenvalue weighted by Gasteiger charge is 2.25. The molecule has 0 aliphatic heterocycles. The topological polar surface area (TPSA) is 50.4 Å². The van der Waals surface area contributed by atoms with Crippen LogP contribution < -0.4 is 15.4 Å². The Kier molecular flexibility index (Phi) is 6.75. The molecule has 1 fully saturated rings. The molecule has 2 aromatic carbocycles. The van der Waals surface area contributed by atoms with Gasteiger partial charge in [-0.2, -0.15) is 0 Å². The van der Waals surface area contributed by atoms with Crippen LogP contribution in [0.5, 0.6) is 5.75 Å². The summed E-state index contributed by atoms with van der Waals surface area (Å²) in [5.74, 6) is 1.04. The first-order valence-corrected chi connectivity index (χ1v) is 9.86. The Morgan fingerprint density at radius 3 is 2.37 bits per heavy atom. The van der Waals surface area contributed by atoms with E-state index in [4.69, 9.17) is 16.3 Å². The number of ether oxygens (including phenoxy) is 1. The van der Waals surface area contributed by atoms with Crippen LogP contribution in [0.15, 0.2) is 42.5 Å². The van der Waals surface area contributed by atoms with E-state index in [2.05, 4.69) is 16.7 Å². The zero-order valence-corrected chi connectivity index (χ0v) is 16.7. The van der Waals surface area contributed by atoms with E-state index in [1.807, 2.05) is 43.4 Å². The molecule has 2 N–H and O–H groups in total. The third-order valence-corrected chi connectivity index (χ3v) is 5.67. The van der Waals surface area contributed by atoms with Gasteiger partial charge >= 0.3 is 0 Å². The SMILES string of the molecule is CNC1CCC(C(=O)NCc2cc(-c3ccc(Cl)cc3)ccc2OC)CC1. The van der Waals surface area contributed by atoms with Gasteiger partial charge in [-0.05, 0) is 68.1 Å². The van der Waals surface area contributed by atoms with Gasteiger partial charge in [-0.25, -0.2) is 0 Å². The Balaban J connectivity index is 1.67. The van der Waals surface area contributed by atoms with Gasteiger partial charge in [-0.3, -0.25) is 4.79 Å². The molecule has 0 bridgehead atoms. The zero-order chi connectivity index (χ0) is 19.2. The van der Waals surface area contributed by atoms with Crippen LogP contribution in [-0.2, 0) is 11.3 Å². The van der Waals surface area contributed by atoms with Crippen molar-refractivity contribution in [2.75, 3.05) is 14.2 Å². The third-order valence-electron chi connectivity index (χ3n) is 5.42. The minimum absolute atomic E-state index is 0.111. The van der Waals surface area contributed by atoms with Crippen LogP contribution in [-0.4, -0.2) is 26.1 Å². The van der Waals surface area contributed by atoms with Gasteiger partial charge in [0.05, 0.1) is 7.11 Å². The number of rotatable bonds is 6. The predicted octanol–water partition coefficient (Wildman–Crippen LogP) is 4.41. The van der Waals surface area contributed by atoms with Crippen molar-refractivity contribution in [3.8, 4) is 16.9 Å². The van der Waals surface area contributed by atoms with Crippen molar-refractivity contribution in [2.24, 2.45) is 5.92 Å². The van der Waals surface area contributed by atoms with Crippen molar-refractivity contribution in [3.05, 3.63) is 53.1 Å². The maximum absolute atomic E-state index is 12.6. The Labute approximate surface area is 166 Å². The molecule has 1 aliphatic carbocycles. The lowest BCUT2D eigenvalue weighted by molar-refractivity contribution is -0.126. The molecule has 27 heavy (non-hydrogen) atoms. The highest BCUT2D eigenvalue weighted by molar-refractivity contribution is 6.30. The van der Waals surface area contributed by atoms with Crippen LogP contribution in [0.2, 0.25) is 5.02 Å². The van der Waals surface area contributed by atoms with Gasteiger partial charge in [0, 0.05) is 29.1 Å². The highest BCUT2D eigenvalue weighted by Crippen LogP contribution is 2.28. The number of carbonyl (C=O) groups excluding carboxylic acids is 1. The maximum Gasteiger partial charge on any atom is 0.223 e. The minimum atomic E-state index is 0.111. The Bertz CT molecular complexity index is 768. The average molecular weight is 387 g/mol. The molecule has 5 heteroatoms. The summed E-state index contributed by atoms with van der Waals surface area (Å²) in [6, 6.07) is 14.3. The Morgan fingerprint density at radius 2 is 1.74 bits per heavy atom. The van der Waals surface area contributed by atoms with Crippen LogP contribution in [0, 0.1) is 5.92 Å². The van der Waals surface area contributed by atoms with Gasteiger partial charge in [0.25, 0.3) is 0 Å². The molecule has 0 unspecified atom stereocenters. The van der Waals surface area contributed by atoms with Gasteiger partial charge in [0.1, 0.15) is 5.75 Å². The second kappa shape index (κ2) is 9.25. The summed E-state index contributed by atoms with van der Waals surface area (Å²) in [5.41, 5.74) is 3.13. The Morgan fingerprint density at radius 1 is 1.07 bits per heavy atom. The first-order valence-electron chi connectivity index (χ1n) is 9.48. The van der Waals surface area contributed by atoms with Crippen molar-refractivity contribution in [1.29, 1.82) is 0 Å². The lowest BCUT2D eigenvalue weighted by Gasteiger charge is -2.27. The van der Waals surface area contributed by atoms with Gasteiger partial charge < -0.3 is 15.4 Å². The molecule has 3 rings (SSSR count). The molecule has 0 spiro atoms. The molecule has 0 saturated heterocycles. The highest BCUT2D eigenvalue weighted by atomic mass is 35.5. The summed E-state index contributed by atoms with van der Waals surface area (Å²) in [6.45, 7) is 0.468. The van der Waals surface area contributed by atoms with Crippen molar-refractivity contribution >= 4 is 17.5 Å². The van der Waals surface area contributed by atoms with E-state index >= 15 is 0 Å². The minimum Gasteiger partial charge on any atom is -0.496 e. The van der Waals surface area contributed by atoms with Crippen LogP contribution >= 0.6 is 11.6 Å². The van der Waals surface area contributed by atoms with E-state index in [-0.39, 0.29) is 11.8 Å². The molecule has 2 aromatic rings. The van der Waals surface area contributed by atoms with Crippen molar-refractivity contribution < 1.29 is 9.53 Å². The van der Waals surface area contributed by atoms with Crippen LogP contribution in [0.4, 0.5) is 0 Å². The monoisotopic (exact) mass is 386 g/mol. The third kappa shape index (κ3) is 5.02. The largest absolute Gasteiger partial charge is 0.496 e. The lowest BCUT2D eigenvalue weighted by Crippen LogP contribution is -2.37. The molecule has 0 radical (unpaired) electrons. The molecule has 0 heterocycles. The van der Waals surface area contributed by atoms with E-state index in [0.29, 0.717) is 17.6 Å². The van der Waals surface area contributed by atoms with Crippen molar-refractivity contribution in [1.82, 2.24) is 10.6 Å². The van der Waals surface area contributed by atoms with Crippen LogP contribution in [0.3, 0.4) is 0 Å². The number of methoxy groups -OCH3 is 1. The fourth-order valence-corrected chi connectivity index (χ4v) is 3.84. The number of hydrogen-bond acceptors (Lipinski definition) is 3. The molecule has 1 aliphatic rings. The van der Waals surface area contributed by atoms with Crippen LogP contribution in [0.1, 0.15) is 31.2 Å². The van der Waals surface area contributed by atoms with E-state index in [1.54, 1.807) is 7.11 Å². The number of benzene rings is 2. The molecule has 0 atom stereocenters. The summed E-state index contributed by atoms with van der Waals surface area (Å²) in [5, 5.41) is 7.12. The lowest BCUT2D eigenvalue weighted by atomic mass is 9.85. The maximum atomic E-state index is 12.6. The number of carbonyl (C=O) groups is 1. The van der Waals surface area contributed by atoms with Crippen LogP contribution in [0.25, 0.3) is 11.1 Å². The molecule has 0 aromatic heterocycles. The second-order valence-corrected chi connectivity index (χ2v) is 7.52. The summed E-state index contributed by atoms with van der Waals surface area (Å²) < 4.78 is 5.48. The van der Waals surface area contributed by atoms with Crippen molar-refractivity contribution in [3.63, 3.8) is 0 Å². The summed E-state index contributed by atoms with van der Waals surface area (Å²) in [4.78, 5) is 12.6. The first-order chi connectivity index (χ1) is 13.1. The van der Waals surface area contributed by atoms with Crippen molar-refractivity contribution in [2.45, 2.75) is 38.3 Å². The fourth-order valence-electron chi connectivity index (χ4n) is 3.71. The standard InChI is InChI=1S/C22H27ClN2O2/c1-24-20-10-5-16(6-11-20)22(26)25-14-18-13-17(7-12-21(18)27-2)15-3-8-19(23)9-4-15/h3-4,7-9,12-13,16,20,24H,5-6,10-11,14H2,1-2H3,(H,25,26). The summed E-state index contributed by atoms with van der Waals surface area (Å²) in [6.07, 6.45) is 4.01. The quantitative estimate of drug-likeness (QED) is 0.773. The number of hydrogen-bond donors (Lipinski definition) is 2. The summed E-state index contributed by atoms with van der Waals surface area (Å²) in [7, 11) is 3.65. The molecule has 4 nitrogen and oxygen atoms in total. The predicted molar refractivity (Wildman–Crippen MR) is 110 cm³/mol. The molecule has 144 valence electrons. The van der Waals surface area contributed by atoms with Gasteiger partial charge in [-0.1, -0.05) is 29.8 Å². The van der Waals surface area contributed by atoms with Gasteiger partial charge in [0.15, 0.2) is 0 Å². The number of halogens is 1. The number of amides is 1. The second-order valence-electron chi connectivity index (χ2n) is 7.09. The van der Waals surface area contributed by atoms with E-state index in [0.717, 1.165) is 48.1 Å². The van der Waals surface area contributed by atoms with Gasteiger partial charge in [-0.15, -0.1) is 0 Å². The molecular weight excluding hydrogens is 360 g/mol. The zero-order valence-electron chi connectivity index (χ0n) is 15.9. The number of nitrogens with one attached hydrogen (secondary N) is 2. The normalized spacial score (nSPS) is 19.5. The van der Waals surface area contributed by atoms with E-state index in [9.17, 15) is 4.79 Å². The average Bonchev–Trinajstić information content (AvgIpc) is 2.72. The van der Waals surface area contributed by atoms with E-state index in [1.165, 1.54) is 0 Å². The molecule has 1 saturated carbocycles. The fraction of sp³-hybridized carbons (Fsp3) is 0.409. The summed E-state index contributed by atoms with van der Waals surface area (Å²) >= 11 is 5.98. The van der Waals surface area contributed by atoms with E-state index < -0.39 is 0 Å². The Hall–Kier alpha value is -2.04. The first kappa shape index (κ1) is 19.7. The smallest absolute Gasteiger partial charge is 0.223 e.